The molecule has 0 spiro atoms. The van der Waals surface area contributed by atoms with Gasteiger partial charge in [0.25, 0.3) is 0 Å². The Balaban J connectivity index is 2.02. The van der Waals surface area contributed by atoms with Gasteiger partial charge in [-0.05, 0) is 25.1 Å². The summed E-state index contributed by atoms with van der Waals surface area (Å²) < 4.78 is 2.12. The van der Waals surface area contributed by atoms with Gasteiger partial charge in [0.05, 0.1) is 6.33 Å². The molecule has 4 heteroatoms. The van der Waals surface area contributed by atoms with E-state index in [0.29, 0.717) is 5.75 Å². The number of aryl methyl sites for hydroxylation is 1. The molecular weight excluding hydrogens is 220 g/mol. The molecule has 1 aromatic heterocycles. The first kappa shape index (κ1) is 11.1. The Bertz CT molecular complexity index is 468. The Hall–Kier alpha value is -1.42. The lowest BCUT2D eigenvalue weighted by Crippen LogP contribution is -1.96. The van der Waals surface area contributed by atoms with E-state index in [1.807, 2.05) is 24.7 Å². The second-order valence-corrected chi connectivity index (χ2v) is 4.51. The van der Waals surface area contributed by atoms with Crippen LogP contribution in [-0.4, -0.2) is 14.7 Å². The minimum absolute atomic E-state index is 0.314. The Morgan fingerprint density at radius 2 is 2.31 bits per heavy atom. The molecule has 0 aliphatic rings. The van der Waals surface area contributed by atoms with Crippen molar-refractivity contribution in [3.8, 4) is 5.75 Å². The zero-order valence-electron chi connectivity index (χ0n) is 9.13. The van der Waals surface area contributed by atoms with E-state index in [4.69, 9.17) is 0 Å². The van der Waals surface area contributed by atoms with Crippen LogP contribution in [0.25, 0.3) is 0 Å². The smallest absolute Gasteiger partial charge is 0.116 e. The van der Waals surface area contributed by atoms with Crippen LogP contribution >= 0.6 is 11.8 Å². The highest BCUT2D eigenvalue weighted by Crippen LogP contribution is 2.25. The average Bonchev–Trinajstić information content (AvgIpc) is 2.74. The number of hydrogen-bond acceptors (Lipinski definition) is 3. The third kappa shape index (κ3) is 2.58. The predicted octanol–water partition coefficient (Wildman–Crippen LogP) is 2.90. The fourth-order valence-corrected chi connectivity index (χ4v) is 2.42. The molecule has 0 atom stereocenters. The Morgan fingerprint density at radius 3 is 3.06 bits per heavy atom. The lowest BCUT2D eigenvalue weighted by atomic mass is 10.3. The minimum Gasteiger partial charge on any atom is -0.508 e. The van der Waals surface area contributed by atoms with E-state index in [2.05, 4.69) is 16.5 Å². The van der Waals surface area contributed by atoms with Gasteiger partial charge in [-0.1, -0.05) is 6.07 Å². The van der Waals surface area contributed by atoms with E-state index >= 15 is 0 Å². The van der Waals surface area contributed by atoms with E-state index in [1.165, 1.54) is 5.69 Å². The molecule has 0 amide bonds. The molecule has 16 heavy (non-hydrogen) atoms. The number of rotatable bonds is 4. The first-order valence-corrected chi connectivity index (χ1v) is 6.19. The molecule has 1 heterocycles. The largest absolute Gasteiger partial charge is 0.508 e. The fraction of sp³-hybridized carbons (Fsp3) is 0.250. The maximum absolute atomic E-state index is 9.34. The number of nitrogens with zero attached hydrogens (tertiary/aromatic N) is 2. The zero-order chi connectivity index (χ0) is 11.4. The van der Waals surface area contributed by atoms with Crippen molar-refractivity contribution in [1.29, 1.82) is 0 Å². The van der Waals surface area contributed by atoms with Crippen molar-refractivity contribution in [2.75, 3.05) is 0 Å². The highest BCUT2D eigenvalue weighted by molar-refractivity contribution is 7.98. The highest BCUT2D eigenvalue weighted by Gasteiger charge is 2.02. The maximum Gasteiger partial charge on any atom is 0.116 e. The second-order valence-electron chi connectivity index (χ2n) is 3.46. The summed E-state index contributed by atoms with van der Waals surface area (Å²) >= 11 is 1.70. The molecule has 1 N–H and O–H groups in total. The predicted molar refractivity (Wildman–Crippen MR) is 65.6 cm³/mol. The lowest BCUT2D eigenvalue weighted by molar-refractivity contribution is 0.474. The standard InChI is InChI=1S/C12H14N2OS/c1-2-14-9-13-7-10(14)8-16-12-5-3-4-11(15)6-12/h3-7,9,15H,2,8H2,1H3. The summed E-state index contributed by atoms with van der Waals surface area (Å²) in [5, 5.41) is 9.34. The number of phenols is 1. The summed E-state index contributed by atoms with van der Waals surface area (Å²) in [5.74, 6) is 1.19. The average molecular weight is 234 g/mol. The van der Waals surface area contributed by atoms with Crippen LogP contribution in [0.3, 0.4) is 0 Å². The van der Waals surface area contributed by atoms with Crippen molar-refractivity contribution in [1.82, 2.24) is 9.55 Å². The molecule has 1 aromatic carbocycles. The molecule has 2 rings (SSSR count). The van der Waals surface area contributed by atoms with E-state index in [1.54, 1.807) is 23.9 Å². The van der Waals surface area contributed by atoms with Crippen LogP contribution in [0, 0.1) is 0 Å². The first-order chi connectivity index (χ1) is 7.79. The molecule has 0 aliphatic heterocycles. The number of aromatic nitrogens is 2. The molecule has 0 bridgehead atoms. The molecular formula is C12H14N2OS. The number of hydrogen-bond donors (Lipinski definition) is 1. The van der Waals surface area contributed by atoms with Gasteiger partial charge in [-0.3, -0.25) is 0 Å². The van der Waals surface area contributed by atoms with Gasteiger partial charge >= 0.3 is 0 Å². The molecule has 0 aliphatic carbocycles. The van der Waals surface area contributed by atoms with E-state index in [-0.39, 0.29) is 0 Å². The minimum atomic E-state index is 0.314. The number of phenolic OH excluding ortho intramolecular Hbond substituents is 1. The first-order valence-electron chi connectivity index (χ1n) is 5.20. The van der Waals surface area contributed by atoms with Crippen molar-refractivity contribution in [3.05, 3.63) is 42.5 Å². The maximum atomic E-state index is 9.34. The van der Waals surface area contributed by atoms with Gasteiger partial charge in [0.1, 0.15) is 5.75 Å². The number of aromatic hydroxyl groups is 1. The van der Waals surface area contributed by atoms with Crippen LogP contribution in [0.5, 0.6) is 5.75 Å². The topological polar surface area (TPSA) is 38.0 Å². The number of thioether (sulfide) groups is 1. The molecule has 84 valence electrons. The normalized spacial score (nSPS) is 10.6. The molecule has 0 fully saturated rings. The van der Waals surface area contributed by atoms with Crippen LogP contribution in [0.2, 0.25) is 0 Å². The van der Waals surface area contributed by atoms with Gasteiger partial charge in [0.2, 0.25) is 0 Å². The van der Waals surface area contributed by atoms with Crippen LogP contribution in [0.15, 0.2) is 41.7 Å². The summed E-state index contributed by atoms with van der Waals surface area (Å²) in [6, 6.07) is 7.31. The number of benzene rings is 1. The summed E-state index contributed by atoms with van der Waals surface area (Å²) in [7, 11) is 0. The number of imidazole rings is 1. The summed E-state index contributed by atoms with van der Waals surface area (Å²) in [4.78, 5) is 5.20. The van der Waals surface area contributed by atoms with E-state index < -0.39 is 0 Å². The van der Waals surface area contributed by atoms with Crippen molar-refractivity contribution < 1.29 is 5.11 Å². The van der Waals surface area contributed by atoms with Crippen molar-refractivity contribution in [3.63, 3.8) is 0 Å². The molecule has 0 unspecified atom stereocenters. The third-order valence-electron chi connectivity index (χ3n) is 2.34. The summed E-state index contributed by atoms with van der Waals surface area (Å²) in [5.41, 5.74) is 1.20. The lowest BCUT2D eigenvalue weighted by Gasteiger charge is -2.05. The van der Waals surface area contributed by atoms with Crippen LogP contribution in [-0.2, 0) is 12.3 Å². The Morgan fingerprint density at radius 1 is 1.44 bits per heavy atom. The van der Waals surface area contributed by atoms with Crippen molar-refractivity contribution >= 4 is 11.8 Å². The van der Waals surface area contributed by atoms with Gasteiger partial charge in [0, 0.05) is 29.1 Å². The summed E-state index contributed by atoms with van der Waals surface area (Å²) in [6.45, 7) is 3.04. The summed E-state index contributed by atoms with van der Waals surface area (Å²) in [6.07, 6.45) is 3.73. The van der Waals surface area contributed by atoms with Gasteiger partial charge in [-0.15, -0.1) is 11.8 Å². The SMILES string of the molecule is CCn1cncc1CSc1cccc(O)c1. The van der Waals surface area contributed by atoms with Crippen molar-refractivity contribution in [2.45, 2.75) is 24.1 Å². The van der Waals surface area contributed by atoms with Crippen molar-refractivity contribution in [2.24, 2.45) is 0 Å². The molecule has 0 saturated heterocycles. The Labute approximate surface area is 99.1 Å². The van der Waals surface area contributed by atoms with Crippen LogP contribution < -0.4 is 0 Å². The molecule has 0 radical (unpaired) electrons. The van der Waals surface area contributed by atoms with Gasteiger partial charge in [-0.2, -0.15) is 0 Å². The van der Waals surface area contributed by atoms with Gasteiger partial charge in [-0.25, -0.2) is 4.98 Å². The van der Waals surface area contributed by atoms with Gasteiger partial charge in [0.15, 0.2) is 0 Å². The monoisotopic (exact) mass is 234 g/mol. The highest BCUT2D eigenvalue weighted by atomic mass is 32.2. The zero-order valence-corrected chi connectivity index (χ0v) is 9.94. The fourth-order valence-electron chi connectivity index (χ4n) is 1.48. The second kappa shape index (κ2) is 5.07. The van der Waals surface area contributed by atoms with E-state index in [9.17, 15) is 5.11 Å². The third-order valence-corrected chi connectivity index (χ3v) is 3.37. The molecule has 3 nitrogen and oxygen atoms in total. The quantitative estimate of drug-likeness (QED) is 0.827. The van der Waals surface area contributed by atoms with E-state index in [0.717, 1.165) is 17.2 Å². The van der Waals surface area contributed by atoms with Gasteiger partial charge < -0.3 is 9.67 Å². The van der Waals surface area contributed by atoms with Crippen LogP contribution in [0.1, 0.15) is 12.6 Å². The molecule has 0 saturated carbocycles. The van der Waals surface area contributed by atoms with Crippen LogP contribution in [0.4, 0.5) is 0 Å². The Kier molecular flexibility index (Phi) is 3.51. The molecule has 2 aromatic rings.